The van der Waals surface area contributed by atoms with Crippen molar-refractivity contribution in [1.29, 1.82) is 0 Å². The minimum Gasteiger partial charge on any atom is -0.490 e. The second kappa shape index (κ2) is 10.4. The lowest BCUT2D eigenvalue weighted by Crippen LogP contribution is -2.08. The van der Waals surface area contributed by atoms with Gasteiger partial charge in [-0.25, -0.2) is 0 Å². The first-order valence-corrected chi connectivity index (χ1v) is 11.6. The number of nitrogens with one attached hydrogen (secondary N) is 1. The van der Waals surface area contributed by atoms with E-state index in [9.17, 15) is 4.79 Å². The zero-order chi connectivity index (χ0) is 24.0. The third kappa shape index (κ3) is 5.53. The van der Waals surface area contributed by atoms with E-state index in [4.69, 9.17) is 26.2 Å². The number of hydrogen-bond acceptors (Lipinski definition) is 5. The molecule has 35 heavy (non-hydrogen) atoms. The van der Waals surface area contributed by atoms with Gasteiger partial charge in [-0.15, -0.1) is 0 Å². The molecule has 2 aromatic carbocycles. The number of benzene rings is 2. The Bertz CT molecular complexity index is 1350. The highest BCUT2D eigenvalue weighted by molar-refractivity contribution is 6.34. The number of amides is 1. The summed E-state index contributed by atoms with van der Waals surface area (Å²) in [4.78, 5) is 17.0. The van der Waals surface area contributed by atoms with E-state index in [0.29, 0.717) is 42.0 Å². The maximum atomic E-state index is 12.8. The Kier molecular flexibility index (Phi) is 6.77. The quantitative estimate of drug-likeness (QED) is 0.366. The van der Waals surface area contributed by atoms with Crippen LogP contribution in [0.4, 0.5) is 5.69 Å². The SMILES string of the molecule is O=C(/C=C/c1cn(Cc2ccccc2)nc1-c1cccnc1)Nc1cc2c(cc1Cl)OCCCO2. The highest BCUT2D eigenvalue weighted by atomic mass is 35.5. The number of ether oxygens (including phenoxy) is 2. The van der Waals surface area contributed by atoms with Crippen molar-refractivity contribution in [2.75, 3.05) is 18.5 Å². The third-order valence-electron chi connectivity index (χ3n) is 5.42. The Hall–Kier alpha value is -4.10. The number of halogens is 1. The first-order valence-electron chi connectivity index (χ1n) is 11.3. The lowest BCUT2D eigenvalue weighted by molar-refractivity contribution is -0.111. The van der Waals surface area contributed by atoms with E-state index in [1.165, 1.54) is 6.08 Å². The number of anilines is 1. The molecule has 0 fully saturated rings. The van der Waals surface area contributed by atoms with Crippen LogP contribution in [0.1, 0.15) is 17.5 Å². The van der Waals surface area contributed by atoms with E-state index in [1.807, 2.05) is 53.3 Å². The smallest absolute Gasteiger partial charge is 0.248 e. The summed E-state index contributed by atoms with van der Waals surface area (Å²) in [7, 11) is 0. The minimum absolute atomic E-state index is 0.325. The second-order valence-corrected chi connectivity index (χ2v) is 8.42. The molecule has 3 heterocycles. The van der Waals surface area contributed by atoms with Crippen LogP contribution in [0.5, 0.6) is 11.5 Å². The van der Waals surface area contributed by atoms with Crippen LogP contribution in [0.25, 0.3) is 17.3 Å². The van der Waals surface area contributed by atoms with Crippen LogP contribution in [0.3, 0.4) is 0 Å². The highest BCUT2D eigenvalue weighted by Crippen LogP contribution is 2.37. The second-order valence-electron chi connectivity index (χ2n) is 8.01. The molecule has 0 bridgehead atoms. The number of carbonyl (C=O) groups excluding carboxylic acids is 1. The molecule has 0 saturated carbocycles. The summed E-state index contributed by atoms with van der Waals surface area (Å²) in [5.41, 5.74) is 3.99. The minimum atomic E-state index is -0.325. The lowest BCUT2D eigenvalue weighted by Gasteiger charge is -2.11. The van der Waals surface area contributed by atoms with Gasteiger partial charge in [-0.2, -0.15) is 5.10 Å². The Balaban J connectivity index is 1.38. The normalized spacial score (nSPS) is 12.9. The van der Waals surface area contributed by atoms with Crippen molar-refractivity contribution in [3.05, 3.63) is 95.4 Å². The average Bonchev–Trinajstić information content (AvgIpc) is 3.14. The molecule has 0 aliphatic carbocycles. The van der Waals surface area contributed by atoms with Gasteiger partial charge in [0.25, 0.3) is 0 Å². The van der Waals surface area contributed by atoms with Gasteiger partial charge in [0.15, 0.2) is 11.5 Å². The molecule has 5 rings (SSSR count). The van der Waals surface area contributed by atoms with Gasteiger partial charge in [0.2, 0.25) is 5.91 Å². The van der Waals surface area contributed by atoms with E-state index in [-0.39, 0.29) is 5.91 Å². The zero-order valence-electron chi connectivity index (χ0n) is 18.9. The van der Waals surface area contributed by atoms with Crippen molar-refractivity contribution in [1.82, 2.24) is 14.8 Å². The van der Waals surface area contributed by atoms with Crippen molar-refractivity contribution in [2.24, 2.45) is 0 Å². The van der Waals surface area contributed by atoms with Crippen LogP contribution in [0.2, 0.25) is 5.02 Å². The average molecular weight is 487 g/mol. The zero-order valence-corrected chi connectivity index (χ0v) is 19.6. The van der Waals surface area contributed by atoms with E-state index in [0.717, 1.165) is 28.8 Å². The molecule has 0 spiro atoms. The van der Waals surface area contributed by atoms with Gasteiger partial charge < -0.3 is 14.8 Å². The standard InChI is InChI=1S/C27H23ClN4O3/c28-22-14-24-25(35-13-5-12-34-24)15-23(22)30-26(33)10-9-21-18-32(17-19-6-2-1-3-7-19)31-27(21)20-8-4-11-29-16-20/h1-4,6-11,14-16,18H,5,12-13,17H2,(H,30,33)/b10-9+. The molecular formula is C27H23ClN4O3. The van der Waals surface area contributed by atoms with Crippen molar-refractivity contribution < 1.29 is 14.3 Å². The molecule has 1 aliphatic rings. The van der Waals surface area contributed by atoms with Gasteiger partial charge in [-0.1, -0.05) is 41.9 Å². The van der Waals surface area contributed by atoms with Crippen LogP contribution >= 0.6 is 11.6 Å². The Labute approximate surface area is 208 Å². The number of fused-ring (bicyclic) bond motifs is 1. The first kappa shape index (κ1) is 22.7. The van der Waals surface area contributed by atoms with Gasteiger partial charge in [0.05, 0.1) is 30.5 Å². The molecule has 1 amide bonds. The molecule has 4 aromatic rings. The van der Waals surface area contributed by atoms with Crippen molar-refractivity contribution >= 4 is 29.3 Å². The molecule has 0 radical (unpaired) electrons. The predicted octanol–water partition coefficient (Wildman–Crippen LogP) is 5.46. The summed E-state index contributed by atoms with van der Waals surface area (Å²) in [6.07, 6.45) is 9.37. The summed E-state index contributed by atoms with van der Waals surface area (Å²) in [5.74, 6) is 0.814. The topological polar surface area (TPSA) is 78.3 Å². The van der Waals surface area contributed by atoms with Gasteiger partial charge in [0.1, 0.15) is 5.69 Å². The molecule has 176 valence electrons. The van der Waals surface area contributed by atoms with E-state index in [1.54, 1.807) is 30.6 Å². The highest BCUT2D eigenvalue weighted by Gasteiger charge is 2.15. The van der Waals surface area contributed by atoms with Crippen LogP contribution < -0.4 is 14.8 Å². The summed E-state index contributed by atoms with van der Waals surface area (Å²) >= 11 is 6.37. The molecule has 7 nitrogen and oxygen atoms in total. The number of carbonyl (C=O) groups is 1. The fourth-order valence-electron chi connectivity index (χ4n) is 3.76. The number of aromatic nitrogens is 3. The van der Waals surface area contributed by atoms with Gasteiger partial charge in [-0.3, -0.25) is 14.5 Å². The fourth-order valence-corrected chi connectivity index (χ4v) is 3.96. The number of pyridine rings is 1. The Morgan fingerprint density at radius 3 is 2.66 bits per heavy atom. The monoisotopic (exact) mass is 486 g/mol. The molecule has 0 atom stereocenters. The molecule has 8 heteroatoms. The third-order valence-corrected chi connectivity index (χ3v) is 5.73. The summed E-state index contributed by atoms with van der Waals surface area (Å²) < 4.78 is 13.2. The van der Waals surface area contributed by atoms with Crippen molar-refractivity contribution in [2.45, 2.75) is 13.0 Å². The van der Waals surface area contributed by atoms with Gasteiger partial charge in [-0.05, 0) is 23.8 Å². The van der Waals surface area contributed by atoms with Crippen LogP contribution in [0.15, 0.2) is 79.3 Å². The summed E-state index contributed by atoms with van der Waals surface area (Å²) in [5, 5.41) is 7.95. The largest absolute Gasteiger partial charge is 0.490 e. The maximum Gasteiger partial charge on any atom is 0.248 e. The van der Waals surface area contributed by atoms with Crippen molar-refractivity contribution in [3.8, 4) is 22.8 Å². The van der Waals surface area contributed by atoms with Crippen LogP contribution in [-0.4, -0.2) is 33.9 Å². The Morgan fingerprint density at radius 1 is 1.09 bits per heavy atom. The fraction of sp³-hybridized carbons (Fsp3) is 0.148. The maximum absolute atomic E-state index is 12.8. The van der Waals surface area contributed by atoms with Crippen molar-refractivity contribution in [3.63, 3.8) is 0 Å². The van der Waals surface area contributed by atoms with E-state index >= 15 is 0 Å². The van der Waals surface area contributed by atoms with Gasteiger partial charge >= 0.3 is 0 Å². The first-order chi connectivity index (χ1) is 17.2. The van der Waals surface area contributed by atoms with Crippen LogP contribution in [-0.2, 0) is 11.3 Å². The number of nitrogens with zero attached hydrogens (tertiary/aromatic N) is 3. The molecule has 0 unspecified atom stereocenters. The van der Waals surface area contributed by atoms with E-state index in [2.05, 4.69) is 10.3 Å². The lowest BCUT2D eigenvalue weighted by atomic mass is 10.1. The summed E-state index contributed by atoms with van der Waals surface area (Å²) in [6.45, 7) is 1.72. The number of hydrogen-bond donors (Lipinski definition) is 1. The van der Waals surface area contributed by atoms with Crippen LogP contribution in [0, 0.1) is 0 Å². The Morgan fingerprint density at radius 2 is 1.89 bits per heavy atom. The summed E-state index contributed by atoms with van der Waals surface area (Å²) in [6, 6.07) is 17.2. The number of rotatable bonds is 6. The van der Waals surface area contributed by atoms with Gasteiger partial charge in [0, 0.05) is 54.3 Å². The molecular weight excluding hydrogens is 464 g/mol. The molecule has 1 aliphatic heterocycles. The molecule has 1 N–H and O–H groups in total. The predicted molar refractivity (Wildman–Crippen MR) is 136 cm³/mol. The molecule has 0 saturated heterocycles. The van der Waals surface area contributed by atoms with E-state index < -0.39 is 0 Å². The molecule has 2 aromatic heterocycles.